The zero-order valence-electron chi connectivity index (χ0n) is 17.7. The van der Waals surface area contributed by atoms with E-state index in [-0.39, 0.29) is 24.0 Å². The van der Waals surface area contributed by atoms with E-state index in [1.807, 2.05) is 14.2 Å². The molecule has 0 radical (unpaired) electrons. The number of rotatable bonds is 11. The molecule has 0 aromatic carbocycles. The Bertz CT molecular complexity index is 394. The molecular formula is C21H43IN4O. The molecule has 2 rings (SSSR count). The lowest BCUT2D eigenvalue weighted by Crippen LogP contribution is -2.43. The van der Waals surface area contributed by atoms with Gasteiger partial charge in [-0.3, -0.25) is 4.99 Å². The van der Waals surface area contributed by atoms with Crippen LogP contribution in [0.5, 0.6) is 0 Å². The maximum atomic E-state index is 5.33. The Morgan fingerprint density at radius 3 is 2.41 bits per heavy atom. The number of hydrogen-bond donors (Lipinski definition) is 2. The SMILES string of the molecule is CN=C(NCCCCCN1CCCCC1)NCC1(CCOC)CCCC1.I. The minimum atomic E-state index is 0. The van der Waals surface area contributed by atoms with Crippen LogP contribution in [0.15, 0.2) is 4.99 Å². The van der Waals surface area contributed by atoms with Crippen LogP contribution >= 0.6 is 24.0 Å². The Morgan fingerprint density at radius 1 is 1.00 bits per heavy atom. The van der Waals surface area contributed by atoms with Crippen molar-refractivity contribution in [2.45, 2.75) is 70.6 Å². The van der Waals surface area contributed by atoms with Gasteiger partial charge in [-0.2, -0.15) is 0 Å². The number of aliphatic imine (C=N–C) groups is 1. The highest BCUT2D eigenvalue weighted by molar-refractivity contribution is 14.0. The number of nitrogens with zero attached hydrogens (tertiary/aromatic N) is 2. The van der Waals surface area contributed by atoms with Crippen LogP contribution < -0.4 is 10.6 Å². The molecule has 0 aromatic rings. The lowest BCUT2D eigenvalue weighted by Gasteiger charge is -2.30. The highest BCUT2D eigenvalue weighted by Crippen LogP contribution is 2.40. The molecule has 160 valence electrons. The summed E-state index contributed by atoms with van der Waals surface area (Å²) < 4.78 is 5.33. The summed E-state index contributed by atoms with van der Waals surface area (Å²) in [4.78, 5) is 7.04. The molecule has 1 heterocycles. The molecule has 1 aliphatic carbocycles. The third-order valence-corrected chi connectivity index (χ3v) is 6.25. The van der Waals surface area contributed by atoms with Gasteiger partial charge in [-0.15, -0.1) is 24.0 Å². The highest BCUT2D eigenvalue weighted by Gasteiger charge is 2.33. The summed E-state index contributed by atoms with van der Waals surface area (Å²) in [5, 5.41) is 7.08. The number of unbranched alkanes of at least 4 members (excludes halogenated alkanes) is 2. The van der Waals surface area contributed by atoms with Gasteiger partial charge in [0.25, 0.3) is 0 Å². The van der Waals surface area contributed by atoms with Crippen molar-refractivity contribution in [3.05, 3.63) is 0 Å². The van der Waals surface area contributed by atoms with E-state index in [0.717, 1.165) is 32.1 Å². The van der Waals surface area contributed by atoms with Crippen molar-refractivity contribution in [1.29, 1.82) is 0 Å². The average Bonchev–Trinajstić information content (AvgIpc) is 3.15. The van der Waals surface area contributed by atoms with Crippen molar-refractivity contribution in [2.24, 2.45) is 10.4 Å². The second kappa shape index (κ2) is 14.9. The van der Waals surface area contributed by atoms with Gasteiger partial charge in [0.05, 0.1) is 0 Å². The average molecular weight is 495 g/mol. The Kier molecular flexibility index (Phi) is 13.7. The van der Waals surface area contributed by atoms with Crippen LogP contribution in [0.3, 0.4) is 0 Å². The van der Waals surface area contributed by atoms with Crippen molar-refractivity contribution in [3.63, 3.8) is 0 Å². The first kappa shape index (κ1) is 25.0. The Hall–Kier alpha value is -0.0800. The monoisotopic (exact) mass is 494 g/mol. The molecule has 1 aliphatic heterocycles. The second-order valence-electron chi connectivity index (χ2n) is 8.27. The first-order valence-corrected chi connectivity index (χ1v) is 10.9. The molecule has 0 bridgehead atoms. The van der Waals surface area contributed by atoms with Gasteiger partial charge in [0.2, 0.25) is 0 Å². The molecule has 1 saturated heterocycles. The number of nitrogens with one attached hydrogen (secondary N) is 2. The third-order valence-electron chi connectivity index (χ3n) is 6.25. The number of likely N-dealkylation sites (tertiary alicyclic amines) is 1. The smallest absolute Gasteiger partial charge is 0.190 e. The largest absolute Gasteiger partial charge is 0.385 e. The standard InChI is InChI=1S/C21H42N4O.HI/c1-22-20(24-19-21(13-18-26-2)11-5-6-12-21)23-14-7-3-8-15-25-16-9-4-10-17-25;/h3-19H2,1-2H3,(H2,22,23,24);1H. The van der Waals surface area contributed by atoms with Crippen molar-refractivity contribution in [2.75, 3.05) is 53.5 Å². The van der Waals surface area contributed by atoms with E-state index in [4.69, 9.17) is 4.74 Å². The molecular weight excluding hydrogens is 451 g/mol. The molecule has 27 heavy (non-hydrogen) atoms. The summed E-state index contributed by atoms with van der Waals surface area (Å²) in [6.07, 6.45) is 14.6. The van der Waals surface area contributed by atoms with E-state index in [1.165, 1.54) is 83.8 Å². The van der Waals surface area contributed by atoms with Crippen molar-refractivity contribution >= 4 is 29.9 Å². The molecule has 0 unspecified atom stereocenters. The Balaban J connectivity index is 0.00000364. The molecule has 5 nitrogen and oxygen atoms in total. The van der Waals surface area contributed by atoms with Crippen LogP contribution in [0.1, 0.15) is 70.6 Å². The van der Waals surface area contributed by atoms with E-state index in [1.54, 1.807) is 0 Å². The predicted molar refractivity (Wildman–Crippen MR) is 126 cm³/mol. The minimum absolute atomic E-state index is 0. The van der Waals surface area contributed by atoms with Crippen LogP contribution in [0, 0.1) is 5.41 Å². The van der Waals surface area contributed by atoms with Crippen LogP contribution in [0.25, 0.3) is 0 Å². The van der Waals surface area contributed by atoms with E-state index >= 15 is 0 Å². The van der Waals surface area contributed by atoms with Gasteiger partial charge in [-0.1, -0.05) is 25.7 Å². The van der Waals surface area contributed by atoms with Crippen LogP contribution in [0.2, 0.25) is 0 Å². The summed E-state index contributed by atoms with van der Waals surface area (Å²) in [6, 6.07) is 0. The molecule has 2 aliphatic rings. The molecule has 6 heteroatoms. The first-order valence-electron chi connectivity index (χ1n) is 10.9. The lowest BCUT2D eigenvalue weighted by atomic mass is 9.83. The number of halogens is 1. The fraction of sp³-hybridized carbons (Fsp3) is 0.952. The lowest BCUT2D eigenvalue weighted by molar-refractivity contribution is 0.138. The van der Waals surface area contributed by atoms with Crippen molar-refractivity contribution in [3.8, 4) is 0 Å². The predicted octanol–water partition coefficient (Wildman–Crippen LogP) is 4.02. The summed E-state index contributed by atoms with van der Waals surface area (Å²) in [7, 11) is 3.68. The molecule has 2 N–H and O–H groups in total. The quantitative estimate of drug-likeness (QED) is 0.197. The molecule has 0 aromatic heterocycles. The van der Waals surface area contributed by atoms with Gasteiger partial charge in [0.1, 0.15) is 0 Å². The molecule has 2 fully saturated rings. The minimum Gasteiger partial charge on any atom is -0.385 e. The highest BCUT2D eigenvalue weighted by atomic mass is 127. The van der Waals surface area contributed by atoms with E-state index < -0.39 is 0 Å². The molecule has 0 amide bonds. The van der Waals surface area contributed by atoms with Crippen LogP contribution in [-0.4, -0.2) is 64.3 Å². The van der Waals surface area contributed by atoms with Gasteiger partial charge in [-0.05, 0) is 70.0 Å². The van der Waals surface area contributed by atoms with Crippen molar-refractivity contribution < 1.29 is 4.74 Å². The van der Waals surface area contributed by atoms with Gasteiger partial charge in [0, 0.05) is 33.9 Å². The summed E-state index contributed by atoms with van der Waals surface area (Å²) in [5.74, 6) is 0.963. The van der Waals surface area contributed by atoms with E-state index in [9.17, 15) is 0 Å². The Morgan fingerprint density at radius 2 is 1.74 bits per heavy atom. The number of methoxy groups -OCH3 is 1. The van der Waals surface area contributed by atoms with Gasteiger partial charge in [-0.25, -0.2) is 0 Å². The number of guanidine groups is 1. The number of piperidine rings is 1. The number of hydrogen-bond acceptors (Lipinski definition) is 3. The van der Waals surface area contributed by atoms with E-state index in [2.05, 4.69) is 20.5 Å². The topological polar surface area (TPSA) is 48.9 Å². The Labute approximate surface area is 184 Å². The fourth-order valence-corrected chi connectivity index (χ4v) is 4.48. The molecule has 0 atom stereocenters. The third kappa shape index (κ3) is 9.79. The molecule has 1 saturated carbocycles. The van der Waals surface area contributed by atoms with Crippen LogP contribution in [-0.2, 0) is 4.74 Å². The molecule has 0 spiro atoms. The summed E-state index contributed by atoms with van der Waals surface area (Å²) in [5.41, 5.74) is 0.405. The summed E-state index contributed by atoms with van der Waals surface area (Å²) >= 11 is 0. The van der Waals surface area contributed by atoms with Gasteiger partial charge >= 0.3 is 0 Å². The zero-order valence-corrected chi connectivity index (χ0v) is 20.1. The fourth-order valence-electron chi connectivity index (χ4n) is 4.48. The normalized spacial score (nSPS) is 20.3. The summed E-state index contributed by atoms with van der Waals surface area (Å²) in [6.45, 7) is 6.83. The first-order chi connectivity index (χ1) is 12.8. The van der Waals surface area contributed by atoms with E-state index in [0.29, 0.717) is 5.41 Å². The van der Waals surface area contributed by atoms with Crippen LogP contribution in [0.4, 0.5) is 0 Å². The van der Waals surface area contributed by atoms with Crippen molar-refractivity contribution in [1.82, 2.24) is 15.5 Å². The maximum absolute atomic E-state index is 5.33. The number of ether oxygens (including phenoxy) is 1. The maximum Gasteiger partial charge on any atom is 0.190 e. The van der Waals surface area contributed by atoms with Gasteiger partial charge in [0.15, 0.2) is 5.96 Å². The van der Waals surface area contributed by atoms with Gasteiger partial charge < -0.3 is 20.3 Å². The second-order valence-corrected chi connectivity index (χ2v) is 8.27. The zero-order chi connectivity index (χ0) is 18.5.